The third-order valence-electron chi connectivity index (χ3n) is 2.58. The lowest BCUT2D eigenvalue weighted by Gasteiger charge is -2.21. The highest BCUT2D eigenvalue weighted by Gasteiger charge is 2.12. The highest BCUT2D eigenvalue weighted by atomic mass is 16.5. The summed E-state index contributed by atoms with van der Waals surface area (Å²) in [5, 5.41) is 0. The molecule has 0 bridgehead atoms. The van der Waals surface area contributed by atoms with Gasteiger partial charge in [0.1, 0.15) is 0 Å². The number of nitrogens with zero attached hydrogens (tertiary/aromatic N) is 1. The molecule has 1 amide bonds. The maximum atomic E-state index is 11.6. The molecule has 0 aliphatic heterocycles. The van der Waals surface area contributed by atoms with Gasteiger partial charge in [0.25, 0.3) is 0 Å². The fourth-order valence-corrected chi connectivity index (χ4v) is 1.28. The first-order valence-corrected chi connectivity index (χ1v) is 5.48. The van der Waals surface area contributed by atoms with Crippen LogP contribution in [0.4, 0.5) is 0 Å². The van der Waals surface area contributed by atoms with Crippen LogP contribution < -0.4 is 5.73 Å². The zero-order valence-electron chi connectivity index (χ0n) is 10.3. The topological polar surface area (TPSA) is 55.6 Å². The monoisotopic (exact) mass is 216 g/mol. The van der Waals surface area contributed by atoms with Crippen LogP contribution in [0.5, 0.6) is 0 Å². The van der Waals surface area contributed by atoms with Gasteiger partial charge in [0.2, 0.25) is 5.91 Å². The van der Waals surface area contributed by atoms with Gasteiger partial charge in [0.05, 0.1) is 6.10 Å². The second kappa shape index (κ2) is 7.65. The zero-order chi connectivity index (χ0) is 11.8. The Morgan fingerprint density at radius 2 is 2.07 bits per heavy atom. The molecule has 0 spiro atoms. The molecule has 2 N–H and O–H groups in total. The molecule has 0 aromatic rings. The maximum absolute atomic E-state index is 11.6. The van der Waals surface area contributed by atoms with Gasteiger partial charge in [-0.15, -0.1) is 0 Å². The second-order valence-corrected chi connectivity index (χ2v) is 4.20. The first-order chi connectivity index (χ1) is 7.01. The highest BCUT2D eigenvalue weighted by Crippen LogP contribution is 2.04. The van der Waals surface area contributed by atoms with Crippen LogP contribution >= 0.6 is 0 Å². The van der Waals surface area contributed by atoms with E-state index in [2.05, 4.69) is 0 Å². The van der Waals surface area contributed by atoms with Crippen LogP contribution in [0.2, 0.25) is 0 Å². The molecule has 90 valence electrons. The number of nitrogens with two attached hydrogens (primary N) is 1. The van der Waals surface area contributed by atoms with Crippen molar-refractivity contribution < 1.29 is 9.53 Å². The van der Waals surface area contributed by atoms with Crippen LogP contribution in [0.25, 0.3) is 0 Å². The smallest absolute Gasteiger partial charge is 0.222 e. The van der Waals surface area contributed by atoms with Crippen LogP contribution in [0.3, 0.4) is 0 Å². The first kappa shape index (κ1) is 14.4. The molecule has 0 saturated heterocycles. The number of hydrogen-bond donors (Lipinski definition) is 1. The van der Waals surface area contributed by atoms with Crippen molar-refractivity contribution in [1.29, 1.82) is 0 Å². The third kappa shape index (κ3) is 6.47. The summed E-state index contributed by atoms with van der Waals surface area (Å²) in [5.41, 5.74) is 5.51. The van der Waals surface area contributed by atoms with Crippen molar-refractivity contribution in [2.75, 3.05) is 27.2 Å². The number of carbonyl (C=O) groups is 1. The minimum Gasteiger partial charge on any atom is -0.382 e. The number of hydrogen-bond acceptors (Lipinski definition) is 3. The van der Waals surface area contributed by atoms with Crippen molar-refractivity contribution in [3.05, 3.63) is 0 Å². The lowest BCUT2D eigenvalue weighted by atomic mass is 10.1. The molecule has 0 aliphatic carbocycles. The van der Waals surface area contributed by atoms with E-state index in [-0.39, 0.29) is 12.0 Å². The summed E-state index contributed by atoms with van der Waals surface area (Å²) in [6, 6.07) is 0. The fraction of sp³-hybridized carbons (Fsp3) is 0.909. The molecule has 0 rings (SSSR count). The molecule has 4 nitrogen and oxygen atoms in total. The van der Waals surface area contributed by atoms with Gasteiger partial charge in [-0.1, -0.05) is 6.92 Å². The van der Waals surface area contributed by atoms with E-state index in [4.69, 9.17) is 10.5 Å². The average molecular weight is 216 g/mol. The number of methoxy groups -OCH3 is 1. The van der Waals surface area contributed by atoms with Crippen molar-refractivity contribution in [1.82, 2.24) is 4.90 Å². The van der Waals surface area contributed by atoms with E-state index in [1.165, 1.54) is 0 Å². The molecule has 0 heterocycles. The third-order valence-corrected chi connectivity index (χ3v) is 2.58. The normalized spacial score (nSPS) is 14.7. The molecule has 4 heteroatoms. The van der Waals surface area contributed by atoms with Crippen LogP contribution in [-0.4, -0.2) is 44.2 Å². The van der Waals surface area contributed by atoms with Crippen LogP contribution in [0.1, 0.15) is 26.7 Å². The van der Waals surface area contributed by atoms with E-state index in [9.17, 15) is 4.79 Å². The largest absolute Gasteiger partial charge is 0.382 e. The minimum atomic E-state index is 0.147. The lowest BCUT2D eigenvalue weighted by molar-refractivity contribution is -0.131. The molecule has 0 aromatic carbocycles. The standard InChI is InChI=1S/C11H24N2O2/c1-9(7-12)8-13(3)11(14)6-5-10(2)15-4/h9-10H,5-8,12H2,1-4H3. The van der Waals surface area contributed by atoms with E-state index >= 15 is 0 Å². The van der Waals surface area contributed by atoms with Crippen LogP contribution in [0, 0.1) is 5.92 Å². The van der Waals surface area contributed by atoms with Gasteiger partial charge in [-0.25, -0.2) is 0 Å². The summed E-state index contributed by atoms with van der Waals surface area (Å²) in [4.78, 5) is 13.4. The summed E-state index contributed by atoms with van der Waals surface area (Å²) in [6.07, 6.45) is 1.47. The molecule has 2 unspecified atom stereocenters. The lowest BCUT2D eigenvalue weighted by Crippen LogP contribution is -2.33. The molecule has 15 heavy (non-hydrogen) atoms. The summed E-state index contributed by atoms with van der Waals surface area (Å²) in [7, 11) is 3.49. The molecular formula is C11H24N2O2. The van der Waals surface area contributed by atoms with Crippen LogP contribution in [0.15, 0.2) is 0 Å². The van der Waals surface area contributed by atoms with Gasteiger partial charge in [-0.3, -0.25) is 4.79 Å². The summed E-state index contributed by atoms with van der Waals surface area (Å²) < 4.78 is 5.09. The average Bonchev–Trinajstić information content (AvgIpc) is 2.24. The molecule has 0 radical (unpaired) electrons. The second-order valence-electron chi connectivity index (χ2n) is 4.20. The van der Waals surface area contributed by atoms with E-state index in [0.717, 1.165) is 13.0 Å². The summed E-state index contributed by atoms with van der Waals surface area (Å²) in [5.74, 6) is 0.526. The first-order valence-electron chi connectivity index (χ1n) is 5.48. The Kier molecular flexibility index (Phi) is 7.34. The van der Waals surface area contributed by atoms with E-state index in [1.54, 1.807) is 12.0 Å². The molecule has 0 aliphatic rings. The maximum Gasteiger partial charge on any atom is 0.222 e. The van der Waals surface area contributed by atoms with Crippen molar-refractivity contribution in [3.63, 3.8) is 0 Å². The van der Waals surface area contributed by atoms with Crippen molar-refractivity contribution in [3.8, 4) is 0 Å². The summed E-state index contributed by atoms with van der Waals surface area (Å²) >= 11 is 0. The predicted octanol–water partition coefficient (Wildman–Crippen LogP) is 0.855. The highest BCUT2D eigenvalue weighted by molar-refractivity contribution is 5.75. The zero-order valence-corrected chi connectivity index (χ0v) is 10.3. The molecule has 0 fully saturated rings. The van der Waals surface area contributed by atoms with Gasteiger partial charge in [0.15, 0.2) is 0 Å². The fourth-order valence-electron chi connectivity index (χ4n) is 1.28. The van der Waals surface area contributed by atoms with E-state index in [0.29, 0.717) is 18.9 Å². The van der Waals surface area contributed by atoms with E-state index < -0.39 is 0 Å². The minimum absolute atomic E-state index is 0.147. The Hall–Kier alpha value is -0.610. The number of rotatable bonds is 7. The molecule has 0 aromatic heterocycles. The predicted molar refractivity (Wildman–Crippen MR) is 61.6 cm³/mol. The number of amides is 1. The van der Waals surface area contributed by atoms with Crippen molar-refractivity contribution in [2.24, 2.45) is 11.7 Å². The van der Waals surface area contributed by atoms with Gasteiger partial charge in [0, 0.05) is 27.1 Å². The Morgan fingerprint density at radius 1 is 1.47 bits per heavy atom. The molecule has 0 saturated carbocycles. The van der Waals surface area contributed by atoms with Crippen LogP contribution in [-0.2, 0) is 9.53 Å². The number of ether oxygens (including phenoxy) is 1. The van der Waals surface area contributed by atoms with Crippen molar-refractivity contribution in [2.45, 2.75) is 32.8 Å². The van der Waals surface area contributed by atoms with Gasteiger partial charge >= 0.3 is 0 Å². The van der Waals surface area contributed by atoms with Gasteiger partial charge < -0.3 is 15.4 Å². The van der Waals surface area contributed by atoms with Crippen molar-refractivity contribution >= 4 is 5.91 Å². The summed E-state index contributed by atoms with van der Waals surface area (Å²) in [6.45, 7) is 5.36. The Morgan fingerprint density at radius 3 is 2.53 bits per heavy atom. The number of carbonyl (C=O) groups excluding carboxylic acids is 1. The SMILES string of the molecule is COC(C)CCC(=O)N(C)CC(C)CN. The van der Waals surface area contributed by atoms with Gasteiger partial charge in [-0.2, -0.15) is 0 Å². The Labute approximate surface area is 92.8 Å². The Bertz CT molecular complexity index is 185. The molecule has 2 atom stereocenters. The Balaban J connectivity index is 3.79. The van der Waals surface area contributed by atoms with E-state index in [1.807, 2.05) is 20.9 Å². The quantitative estimate of drug-likeness (QED) is 0.686. The molecular weight excluding hydrogens is 192 g/mol. The van der Waals surface area contributed by atoms with Gasteiger partial charge in [-0.05, 0) is 25.8 Å².